The molecule has 0 radical (unpaired) electrons. The lowest BCUT2D eigenvalue weighted by Crippen LogP contribution is -2.28. The van der Waals surface area contributed by atoms with Gasteiger partial charge in [-0.2, -0.15) is 0 Å². The van der Waals surface area contributed by atoms with Crippen molar-refractivity contribution in [1.29, 1.82) is 0 Å². The Labute approximate surface area is 108 Å². The van der Waals surface area contributed by atoms with Crippen LogP contribution in [0.25, 0.3) is 0 Å². The van der Waals surface area contributed by atoms with Crippen LogP contribution in [0.5, 0.6) is 5.75 Å². The third-order valence-electron chi connectivity index (χ3n) is 2.65. The molecule has 0 bridgehead atoms. The Kier molecular flexibility index (Phi) is 3.44. The highest BCUT2D eigenvalue weighted by Crippen LogP contribution is 2.26. The Hall–Kier alpha value is -1.70. The van der Waals surface area contributed by atoms with Crippen molar-refractivity contribution in [2.75, 3.05) is 12.8 Å². The van der Waals surface area contributed by atoms with Crippen molar-refractivity contribution >= 4 is 15.7 Å². The molecule has 1 atom stereocenters. The van der Waals surface area contributed by atoms with E-state index in [9.17, 15) is 22.0 Å². The van der Waals surface area contributed by atoms with Gasteiger partial charge >= 0.3 is 0 Å². The molecule has 2 rings (SSSR count). The van der Waals surface area contributed by atoms with Crippen molar-refractivity contribution < 1.29 is 26.7 Å². The highest BCUT2D eigenvalue weighted by atomic mass is 32.2. The van der Waals surface area contributed by atoms with E-state index in [1.165, 1.54) is 0 Å². The van der Waals surface area contributed by atoms with Gasteiger partial charge in [-0.1, -0.05) is 0 Å². The van der Waals surface area contributed by atoms with E-state index in [-0.39, 0.29) is 0 Å². The van der Waals surface area contributed by atoms with Gasteiger partial charge in [0.2, 0.25) is 0 Å². The lowest BCUT2D eigenvalue weighted by molar-refractivity contribution is -0.125. The normalized spacial score (nSPS) is 19.3. The van der Waals surface area contributed by atoms with Crippen LogP contribution in [0.2, 0.25) is 0 Å². The molecule has 1 aromatic rings. The summed E-state index contributed by atoms with van der Waals surface area (Å²) in [7, 11) is -3.86. The molecule has 1 N–H and O–H groups in total. The molecule has 1 unspecified atom stereocenters. The summed E-state index contributed by atoms with van der Waals surface area (Å²) in [5, 5.41) is 2.48. The molecule has 0 aromatic heterocycles. The minimum Gasteiger partial charge on any atom is -0.477 e. The van der Waals surface area contributed by atoms with E-state index in [1.807, 2.05) is 0 Å². The van der Waals surface area contributed by atoms with E-state index in [4.69, 9.17) is 4.74 Å². The molecule has 5 nitrogen and oxygen atoms in total. The first-order chi connectivity index (χ1) is 8.79. The predicted octanol–water partition coefficient (Wildman–Crippen LogP) is 0.636. The molecule has 19 heavy (non-hydrogen) atoms. The largest absolute Gasteiger partial charge is 0.477 e. The molecule has 1 aromatic carbocycles. The summed E-state index contributed by atoms with van der Waals surface area (Å²) in [4.78, 5) is 10.5. The van der Waals surface area contributed by atoms with Crippen molar-refractivity contribution in [2.24, 2.45) is 0 Å². The van der Waals surface area contributed by atoms with Crippen molar-refractivity contribution in [1.82, 2.24) is 5.32 Å². The highest BCUT2D eigenvalue weighted by Gasteiger charge is 2.28. The van der Waals surface area contributed by atoms with Crippen LogP contribution < -0.4 is 10.1 Å². The zero-order valence-corrected chi connectivity index (χ0v) is 10.8. The van der Waals surface area contributed by atoms with E-state index in [0.717, 1.165) is 6.26 Å². The number of hydrogen-bond donors (Lipinski definition) is 1. The van der Waals surface area contributed by atoms with Crippen molar-refractivity contribution in [3.63, 3.8) is 0 Å². The molecule has 1 aliphatic heterocycles. The van der Waals surface area contributed by atoms with Crippen LogP contribution in [0.4, 0.5) is 8.78 Å². The van der Waals surface area contributed by atoms with E-state index in [2.05, 4.69) is 5.32 Å². The predicted molar refractivity (Wildman–Crippen MR) is 61.5 cm³/mol. The number of carbonyl (C=O) groups is 1. The number of nitrogens with one attached hydrogen (secondary N) is 1. The van der Waals surface area contributed by atoms with Gasteiger partial charge < -0.3 is 10.1 Å². The molecular formula is C11H11F2NO4S. The number of ether oxygens (including phenoxy) is 1. The topological polar surface area (TPSA) is 72.5 Å². The van der Waals surface area contributed by atoms with Gasteiger partial charge in [0.1, 0.15) is 10.7 Å². The van der Waals surface area contributed by atoms with Gasteiger partial charge in [0.15, 0.2) is 27.5 Å². The number of carbonyl (C=O) groups excluding carboxylic acids is 1. The van der Waals surface area contributed by atoms with E-state index in [0.29, 0.717) is 25.1 Å². The minimum absolute atomic E-state index is 0.341. The zero-order valence-electron chi connectivity index (χ0n) is 9.94. The Morgan fingerprint density at radius 3 is 2.53 bits per heavy atom. The van der Waals surface area contributed by atoms with Crippen molar-refractivity contribution in [2.45, 2.75) is 17.4 Å². The Morgan fingerprint density at radius 1 is 1.32 bits per heavy atom. The van der Waals surface area contributed by atoms with E-state index >= 15 is 0 Å². The summed E-state index contributed by atoms with van der Waals surface area (Å²) in [6.45, 7) is 0.398. The Morgan fingerprint density at radius 2 is 2.00 bits per heavy atom. The fourth-order valence-corrected chi connectivity index (χ4v) is 2.45. The fourth-order valence-electron chi connectivity index (χ4n) is 1.72. The fraction of sp³-hybridized carbons (Fsp3) is 0.364. The van der Waals surface area contributed by atoms with Crippen LogP contribution >= 0.6 is 0 Å². The van der Waals surface area contributed by atoms with Crippen molar-refractivity contribution in [3.8, 4) is 5.75 Å². The summed E-state index contributed by atoms with van der Waals surface area (Å²) >= 11 is 0. The molecule has 1 amide bonds. The van der Waals surface area contributed by atoms with Gasteiger partial charge in [0.05, 0.1) is 0 Å². The maximum absolute atomic E-state index is 13.7. The molecule has 0 spiro atoms. The number of rotatable bonds is 3. The molecule has 0 aliphatic carbocycles. The average molecular weight is 291 g/mol. The van der Waals surface area contributed by atoms with E-state index < -0.39 is 44.1 Å². The molecule has 8 heteroatoms. The van der Waals surface area contributed by atoms with E-state index in [1.54, 1.807) is 0 Å². The third-order valence-corrected chi connectivity index (χ3v) is 3.77. The summed E-state index contributed by atoms with van der Waals surface area (Å²) in [5.74, 6) is -3.03. The summed E-state index contributed by atoms with van der Waals surface area (Å²) < 4.78 is 54.7. The maximum Gasteiger partial charge on any atom is 0.261 e. The third kappa shape index (κ3) is 2.83. The second kappa shape index (κ2) is 4.76. The van der Waals surface area contributed by atoms with Gasteiger partial charge in [-0.05, 0) is 6.07 Å². The van der Waals surface area contributed by atoms with Crippen LogP contribution in [0.3, 0.4) is 0 Å². The standard InChI is InChI=1S/C11H11F2NO4S/c1-19(16,17)10-5-6(12)9(4-7(10)13)18-8-2-3-14-11(8)15/h4-5,8H,2-3H2,1H3,(H,14,15). The molecular weight excluding hydrogens is 280 g/mol. The van der Waals surface area contributed by atoms with Gasteiger partial charge in [-0.25, -0.2) is 17.2 Å². The van der Waals surface area contributed by atoms with Crippen LogP contribution in [-0.4, -0.2) is 33.2 Å². The Bertz CT molecular complexity index is 630. The second-order valence-corrected chi connectivity index (χ2v) is 6.16. The molecule has 0 saturated carbocycles. The summed E-state index contributed by atoms with van der Waals surface area (Å²) in [5.41, 5.74) is 0. The lowest BCUT2D eigenvalue weighted by Gasteiger charge is -2.12. The van der Waals surface area contributed by atoms with Gasteiger partial charge in [-0.15, -0.1) is 0 Å². The quantitative estimate of drug-likeness (QED) is 0.887. The van der Waals surface area contributed by atoms with Crippen LogP contribution in [0, 0.1) is 11.6 Å². The Balaban J connectivity index is 2.33. The average Bonchev–Trinajstić information content (AvgIpc) is 2.68. The van der Waals surface area contributed by atoms with Crippen LogP contribution in [-0.2, 0) is 14.6 Å². The SMILES string of the molecule is CS(=O)(=O)c1cc(F)c(OC2CCNC2=O)cc1F. The van der Waals surface area contributed by atoms with Gasteiger partial charge in [0, 0.05) is 25.3 Å². The van der Waals surface area contributed by atoms with Gasteiger partial charge in [-0.3, -0.25) is 4.79 Å². The first-order valence-electron chi connectivity index (χ1n) is 5.42. The minimum atomic E-state index is -3.86. The van der Waals surface area contributed by atoms with Crippen LogP contribution in [0.1, 0.15) is 6.42 Å². The number of amides is 1. The monoisotopic (exact) mass is 291 g/mol. The van der Waals surface area contributed by atoms with Crippen molar-refractivity contribution in [3.05, 3.63) is 23.8 Å². The molecule has 1 saturated heterocycles. The first-order valence-corrected chi connectivity index (χ1v) is 7.31. The second-order valence-electron chi connectivity index (χ2n) is 4.17. The molecule has 1 fully saturated rings. The van der Waals surface area contributed by atoms with Gasteiger partial charge in [0.25, 0.3) is 5.91 Å². The zero-order chi connectivity index (χ0) is 14.2. The van der Waals surface area contributed by atoms with Crippen LogP contribution in [0.15, 0.2) is 17.0 Å². The number of benzene rings is 1. The highest BCUT2D eigenvalue weighted by molar-refractivity contribution is 7.90. The lowest BCUT2D eigenvalue weighted by atomic mass is 10.3. The molecule has 1 aliphatic rings. The maximum atomic E-state index is 13.7. The smallest absolute Gasteiger partial charge is 0.261 e. The summed E-state index contributed by atoms with van der Waals surface area (Å²) in [6, 6.07) is 1.18. The number of halogens is 2. The number of hydrogen-bond acceptors (Lipinski definition) is 4. The molecule has 1 heterocycles. The molecule has 104 valence electrons. The number of sulfone groups is 1. The summed E-state index contributed by atoms with van der Waals surface area (Å²) in [6.07, 6.45) is 0.224. The first kappa shape index (κ1) is 13.7.